The molecule has 5 heteroatoms. The first-order valence-electron chi connectivity index (χ1n) is 10.4. The molecule has 5 rings (SSSR count). The van der Waals surface area contributed by atoms with Crippen molar-refractivity contribution in [1.82, 2.24) is 9.97 Å². The lowest BCUT2D eigenvalue weighted by atomic mass is 9.99. The van der Waals surface area contributed by atoms with Crippen LogP contribution in [0.5, 0.6) is 11.5 Å². The lowest BCUT2D eigenvalue weighted by molar-refractivity contribution is 0.356. The Kier molecular flexibility index (Phi) is 4.66. The summed E-state index contributed by atoms with van der Waals surface area (Å²) in [5, 5.41) is 7.08. The summed E-state index contributed by atoms with van der Waals surface area (Å²) in [7, 11) is 3.30. The van der Waals surface area contributed by atoms with Crippen LogP contribution in [0.15, 0.2) is 54.6 Å². The second-order valence-electron chi connectivity index (χ2n) is 7.86. The third kappa shape index (κ3) is 3.30. The highest BCUT2D eigenvalue weighted by atomic mass is 16.5. The molecule has 152 valence electrons. The lowest BCUT2D eigenvalue weighted by Crippen LogP contribution is -2.11. The van der Waals surface area contributed by atoms with E-state index >= 15 is 0 Å². The molecule has 1 heterocycles. The molecule has 1 aliphatic rings. The molecule has 0 saturated heterocycles. The average molecular weight is 399 g/mol. The Morgan fingerprint density at radius 3 is 2.40 bits per heavy atom. The highest BCUT2D eigenvalue weighted by molar-refractivity contribution is 5.92. The average Bonchev–Trinajstić information content (AvgIpc) is 3.63. The van der Waals surface area contributed by atoms with Crippen LogP contribution in [0, 0.1) is 0 Å². The van der Waals surface area contributed by atoms with E-state index in [9.17, 15) is 0 Å². The van der Waals surface area contributed by atoms with Crippen molar-refractivity contribution in [2.45, 2.75) is 31.7 Å². The van der Waals surface area contributed by atoms with Gasteiger partial charge in [-0.05, 0) is 42.2 Å². The number of rotatable bonds is 6. The largest absolute Gasteiger partial charge is 0.493 e. The number of nitrogens with zero attached hydrogens (tertiary/aromatic N) is 2. The van der Waals surface area contributed by atoms with Crippen molar-refractivity contribution in [2.75, 3.05) is 19.5 Å². The second-order valence-corrected chi connectivity index (χ2v) is 7.86. The summed E-state index contributed by atoms with van der Waals surface area (Å²) in [6, 6.07) is 18.9. The zero-order valence-electron chi connectivity index (χ0n) is 17.5. The van der Waals surface area contributed by atoms with Crippen molar-refractivity contribution in [2.24, 2.45) is 0 Å². The van der Waals surface area contributed by atoms with Gasteiger partial charge in [0.1, 0.15) is 11.6 Å². The zero-order chi connectivity index (χ0) is 20.7. The number of fused-ring (bicyclic) bond motifs is 2. The van der Waals surface area contributed by atoms with E-state index in [-0.39, 0.29) is 6.04 Å². The summed E-state index contributed by atoms with van der Waals surface area (Å²) in [4.78, 5) is 9.75. The molecule has 1 aliphatic carbocycles. The minimum Gasteiger partial charge on any atom is -0.493 e. The number of nitrogens with one attached hydrogen (secondary N) is 1. The van der Waals surface area contributed by atoms with Gasteiger partial charge in [0.15, 0.2) is 11.5 Å². The quantitative estimate of drug-likeness (QED) is 0.441. The molecule has 0 aliphatic heterocycles. The van der Waals surface area contributed by atoms with Gasteiger partial charge in [0.2, 0.25) is 0 Å². The maximum absolute atomic E-state index is 5.53. The maximum Gasteiger partial charge on any atom is 0.162 e. The Labute approximate surface area is 176 Å². The van der Waals surface area contributed by atoms with Crippen molar-refractivity contribution in [3.63, 3.8) is 0 Å². The van der Waals surface area contributed by atoms with Crippen LogP contribution >= 0.6 is 0 Å². The Balaban J connectivity index is 1.61. The van der Waals surface area contributed by atoms with Crippen LogP contribution in [0.25, 0.3) is 21.7 Å². The van der Waals surface area contributed by atoms with Crippen LogP contribution in [0.1, 0.15) is 43.1 Å². The van der Waals surface area contributed by atoms with Gasteiger partial charge in [0.25, 0.3) is 0 Å². The van der Waals surface area contributed by atoms with E-state index in [1.165, 1.54) is 16.3 Å². The molecule has 1 saturated carbocycles. The number of hydrogen-bond donors (Lipinski definition) is 1. The van der Waals surface area contributed by atoms with Gasteiger partial charge < -0.3 is 14.8 Å². The Hall–Kier alpha value is -3.34. The summed E-state index contributed by atoms with van der Waals surface area (Å²) in [6.07, 6.45) is 2.30. The van der Waals surface area contributed by atoms with Crippen LogP contribution in [0.2, 0.25) is 0 Å². The molecule has 0 radical (unpaired) electrons. The van der Waals surface area contributed by atoms with Crippen molar-refractivity contribution < 1.29 is 9.47 Å². The molecule has 30 heavy (non-hydrogen) atoms. The maximum atomic E-state index is 5.53. The fourth-order valence-corrected chi connectivity index (χ4v) is 4.02. The van der Waals surface area contributed by atoms with E-state index in [2.05, 4.69) is 54.7 Å². The Bertz CT molecular complexity index is 1230. The molecule has 0 amide bonds. The molecule has 1 atom stereocenters. The van der Waals surface area contributed by atoms with E-state index in [0.717, 1.165) is 35.4 Å². The van der Waals surface area contributed by atoms with Gasteiger partial charge in [0.05, 0.1) is 25.8 Å². The predicted molar refractivity (Wildman–Crippen MR) is 121 cm³/mol. The van der Waals surface area contributed by atoms with Crippen molar-refractivity contribution in [3.8, 4) is 11.5 Å². The topological polar surface area (TPSA) is 56.3 Å². The summed E-state index contributed by atoms with van der Waals surface area (Å²) < 4.78 is 11.0. The van der Waals surface area contributed by atoms with Gasteiger partial charge in [-0.1, -0.05) is 42.5 Å². The van der Waals surface area contributed by atoms with Crippen molar-refractivity contribution in [1.29, 1.82) is 0 Å². The van der Waals surface area contributed by atoms with Gasteiger partial charge in [-0.3, -0.25) is 0 Å². The van der Waals surface area contributed by atoms with Crippen molar-refractivity contribution >= 4 is 27.5 Å². The minimum atomic E-state index is 0.0781. The smallest absolute Gasteiger partial charge is 0.162 e. The third-order valence-electron chi connectivity index (χ3n) is 5.80. The predicted octanol–water partition coefficient (Wildman–Crippen LogP) is 5.85. The monoisotopic (exact) mass is 399 g/mol. The third-order valence-corrected chi connectivity index (χ3v) is 5.80. The number of aromatic nitrogens is 2. The molecule has 0 spiro atoms. The van der Waals surface area contributed by atoms with Crippen LogP contribution in [0.3, 0.4) is 0 Å². The molecular weight excluding hydrogens is 374 g/mol. The number of benzene rings is 3. The summed E-state index contributed by atoms with van der Waals surface area (Å²) in [5.74, 6) is 3.55. The van der Waals surface area contributed by atoms with Crippen LogP contribution in [-0.4, -0.2) is 24.2 Å². The van der Waals surface area contributed by atoms with E-state index in [0.29, 0.717) is 17.4 Å². The fraction of sp³-hybridized carbons (Fsp3) is 0.280. The first-order chi connectivity index (χ1) is 14.7. The van der Waals surface area contributed by atoms with E-state index in [1.807, 2.05) is 12.1 Å². The lowest BCUT2D eigenvalue weighted by Gasteiger charge is -2.19. The fourth-order valence-electron chi connectivity index (χ4n) is 4.02. The highest BCUT2D eigenvalue weighted by Gasteiger charge is 2.28. The minimum absolute atomic E-state index is 0.0781. The molecule has 1 aromatic heterocycles. The van der Waals surface area contributed by atoms with Gasteiger partial charge in [-0.2, -0.15) is 0 Å². The van der Waals surface area contributed by atoms with Gasteiger partial charge in [0, 0.05) is 17.4 Å². The SMILES string of the molecule is COc1cc2nc(C3CC3)nc(N[C@@H](C)c3cccc4ccccc34)c2cc1OC. The van der Waals surface area contributed by atoms with Gasteiger partial charge >= 0.3 is 0 Å². The van der Waals surface area contributed by atoms with E-state index < -0.39 is 0 Å². The van der Waals surface area contributed by atoms with E-state index in [1.54, 1.807) is 14.2 Å². The number of anilines is 1. The first-order valence-corrected chi connectivity index (χ1v) is 10.4. The molecule has 1 fully saturated rings. The second kappa shape index (κ2) is 7.48. The summed E-state index contributed by atoms with van der Waals surface area (Å²) in [6.45, 7) is 2.17. The molecule has 0 unspecified atom stereocenters. The first kappa shape index (κ1) is 18.7. The van der Waals surface area contributed by atoms with E-state index in [4.69, 9.17) is 19.4 Å². The highest BCUT2D eigenvalue weighted by Crippen LogP contribution is 2.41. The van der Waals surface area contributed by atoms with Crippen LogP contribution in [0.4, 0.5) is 5.82 Å². The number of ether oxygens (including phenoxy) is 2. The molecular formula is C25H25N3O2. The molecule has 4 aromatic rings. The Morgan fingerprint density at radius 1 is 0.900 bits per heavy atom. The van der Waals surface area contributed by atoms with Gasteiger partial charge in [-0.25, -0.2) is 9.97 Å². The van der Waals surface area contributed by atoms with Crippen LogP contribution in [-0.2, 0) is 0 Å². The molecule has 3 aromatic carbocycles. The van der Waals surface area contributed by atoms with Crippen molar-refractivity contribution in [3.05, 3.63) is 66.0 Å². The van der Waals surface area contributed by atoms with Gasteiger partial charge in [-0.15, -0.1) is 0 Å². The summed E-state index contributed by atoms with van der Waals surface area (Å²) in [5.41, 5.74) is 2.12. The number of methoxy groups -OCH3 is 2. The molecule has 5 nitrogen and oxygen atoms in total. The standard InChI is InChI=1S/C25H25N3O2/c1-15(18-10-6-8-16-7-4-5-9-19(16)18)26-25-20-13-22(29-2)23(30-3)14-21(20)27-24(28-25)17-11-12-17/h4-10,13-15,17H,11-12H2,1-3H3,(H,26,27,28)/t15-/m0/s1. The molecule has 1 N–H and O–H groups in total. The summed E-state index contributed by atoms with van der Waals surface area (Å²) >= 11 is 0. The zero-order valence-corrected chi connectivity index (χ0v) is 17.5. The normalized spacial score (nSPS) is 14.6. The Morgan fingerprint density at radius 2 is 1.63 bits per heavy atom. The molecule has 0 bridgehead atoms. The van der Waals surface area contributed by atoms with Crippen LogP contribution < -0.4 is 14.8 Å². The number of hydrogen-bond acceptors (Lipinski definition) is 5.